The molecule has 3 rings (SSSR count). The van der Waals surface area contributed by atoms with Crippen LogP contribution in [0.2, 0.25) is 0 Å². The van der Waals surface area contributed by atoms with E-state index in [0.717, 1.165) is 16.6 Å². The van der Waals surface area contributed by atoms with Crippen molar-refractivity contribution in [3.8, 4) is 5.75 Å². The highest BCUT2D eigenvalue weighted by atomic mass is 19.1. The van der Waals surface area contributed by atoms with Gasteiger partial charge in [-0.05, 0) is 36.4 Å². The van der Waals surface area contributed by atoms with Crippen LogP contribution in [0.5, 0.6) is 5.75 Å². The number of aromatic nitrogens is 1. The second kappa shape index (κ2) is 5.28. The summed E-state index contributed by atoms with van der Waals surface area (Å²) < 4.78 is 18.4. The summed E-state index contributed by atoms with van der Waals surface area (Å²) in [5, 5.41) is 4.08. The number of nitrogens with zero attached hydrogens (tertiary/aromatic N) is 1. The first-order valence-corrected chi connectivity index (χ1v) is 6.43. The fourth-order valence-corrected chi connectivity index (χ4v) is 2.21. The standard InChI is InChI=1S/C16H14FN3O/c1-21-15-9-10(17)4-6-13(15)20-14-7-5-12(18)11-3-2-8-19-16(11)14/h2-9,20H,18H2,1H3. The van der Waals surface area contributed by atoms with E-state index in [-0.39, 0.29) is 5.82 Å². The Labute approximate surface area is 121 Å². The second-order valence-corrected chi connectivity index (χ2v) is 4.57. The van der Waals surface area contributed by atoms with Gasteiger partial charge in [-0.25, -0.2) is 4.39 Å². The summed E-state index contributed by atoms with van der Waals surface area (Å²) >= 11 is 0. The zero-order chi connectivity index (χ0) is 14.8. The SMILES string of the molecule is COc1cc(F)ccc1Nc1ccc(N)c2cccnc12. The summed E-state index contributed by atoms with van der Waals surface area (Å²) in [6, 6.07) is 11.7. The van der Waals surface area contributed by atoms with Crippen LogP contribution >= 0.6 is 0 Å². The van der Waals surface area contributed by atoms with Gasteiger partial charge in [0.15, 0.2) is 0 Å². The molecule has 0 atom stereocenters. The summed E-state index contributed by atoms with van der Waals surface area (Å²) in [5.74, 6) is 0.0774. The van der Waals surface area contributed by atoms with Crippen molar-refractivity contribution in [2.75, 3.05) is 18.2 Å². The molecule has 0 amide bonds. The average Bonchev–Trinajstić information content (AvgIpc) is 2.52. The van der Waals surface area contributed by atoms with Crippen LogP contribution in [-0.2, 0) is 0 Å². The molecule has 0 saturated heterocycles. The summed E-state index contributed by atoms with van der Waals surface area (Å²) in [6.45, 7) is 0. The molecule has 1 aromatic heterocycles. The Morgan fingerprint density at radius 1 is 1.14 bits per heavy atom. The fourth-order valence-electron chi connectivity index (χ4n) is 2.21. The van der Waals surface area contributed by atoms with E-state index < -0.39 is 0 Å². The topological polar surface area (TPSA) is 60.2 Å². The maximum atomic E-state index is 13.2. The molecular formula is C16H14FN3O. The van der Waals surface area contributed by atoms with Crippen molar-refractivity contribution in [3.63, 3.8) is 0 Å². The van der Waals surface area contributed by atoms with Crippen LogP contribution in [0, 0.1) is 5.82 Å². The van der Waals surface area contributed by atoms with E-state index in [9.17, 15) is 4.39 Å². The number of fused-ring (bicyclic) bond motifs is 1. The Bertz CT molecular complexity index is 805. The highest BCUT2D eigenvalue weighted by molar-refractivity contribution is 5.99. The van der Waals surface area contributed by atoms with Crippen molar-refractivity contribution in [2.45, 2.75) is 0 Å². The lowest BCUT2D eigenvalue weighted by atomic mass is 10.1. The van der Waals surface area contributed by atoms with Crippen LogP contribution in [0.3, 0.4) is 0 Å². The Morgan fingerprint density at radius 2 is 1.95 bits per heavy atom. The molecule has 0 aliphatic carbocycles. The zero-order valence-electron chi connectivity index (χ0n) is 11.4. The summed E-state index contributed by atoms with van der Waals surface area (Å²) in [6.07, 6.45) is 1.70. The van der Waals surface area contributed by atoms with Crippen molar-refractivity contribution < 1.29 is 9.13 Å². The summed E-state index contributed by atoms with van der Waals surface area (Å²) in [5.41, 5.74) is 8.81. The first-order chi connectivity index (χ1) is 10.2. The van der Waals surface area contributed by atoms with Gasteiger partial charge in [-0.2, -0.15) is 0 Å². The molecule has 0 bridgehead atoms. The first-order valence-electron chi connectivity index (χ1n) is 6.43. The third kappa shape index (κ3) is 2.45. The number of nitrogens with two attached hydrogens (primary N) is 1. The number of hydrogen-bond acceptors (Lipinski definition) is 4. The van der Waals surface area contributed by atoms with Crippen LogP contribution in [0.1, 0.15) is 0 Å². The maximum Gasteiger partial charge on any atom is 0.145 e. The number of rotatable bonds is 3. The number of methoxy groups -OCH3 is 1. The number of ether oxygens (including phenoxy) is 1. The minimum Gasteiger partial charge on any atom is -0.494 e. The highest BCUT2D eigenvalue weighted by Crippen LogP contribution is 2.32. The first kappa shape index (κ1) is 13.2. The molecule has 0 aliphatic heterocycles. The van der Waals surface area contributed by atoms with Gasteiger partial charge in [0.2, 0.25) is 0 Å². The van der Waals surface area contributed by atoms with E-state index in [0.29, 0.717) is 17.1 Å². The number of anilines is 3. The smallest absolute Gasteiger partial charge is 0.145 e. The molecule has 2 aromatic carbocycles. The van der Waals surface area contributed by atoms with E-state index >= 15 is 0 Å². The number of pyridine rings is 1. The molecule has 0 saturated carbocycles. The lowest BCUT2D eigenvalue weighted by molar-refractivity contribution is 0.413. The van der Waals surface area contributed by atoms with E-state index in [1.54, 1.807) is 12.3 Å². The number of halogens is 1. The normalized spacial score (nSPS) is 10.6. The van der Waals surface area contributed by atoms with Crippen LogP contribution < -0.4 is 15.8 Å². The van der Waals surface area contributed by atoms with Gasteiger partial charge in [0.1, 0.15) is 11.6 Å². The fraction of sp³-hybridized carbons (Fsp3) is 0.0625. The largest absolute Gasteiger partial charge is 0.494 e. The predicted molar refractivity (Wildman–Crippen MR) is 82.4 cm³/mol. The third-order valence-corrected chi connectivity index (χ3v) is 3.24. The van der Waals surface area contributed by atoms with Crippen molar-refractivity contribution in [2.24, 2.45) is 0 Å². The Morgan fingerprint density at radius 3 is 2.76 bits per heavy atom. The molecule has 3 aromatic rings. The van der Waals surface area contributed by atoms with Gasteiger partial charge < -0.3 is 15.8 Å². The Hall–Kier alpha value is -2.82. The van der Waals surface area contributed by atoms with Gasteiger partial charge >= 0.3 is 0 Å². The van der Waals surface area contributed by atoms with Crippen molar-refractivity contribution in [1.82, 2.24) is 4.98 Å². The minimum absolute atomic E-state index is 0.349. The summed E-state index contributed by atoms with van der Waals surface area (Å²) in [7, 11) is 1.50. The van der Waals surface area contributed by atoms with Crippen LogP contribution in [0.4, 0.5) is 21.5 Å². The number of hydrogen-bond donors (Lipinski definition) is 2. The minimum atomic E-state index is -0.349. The lowest BCUT2D eigenvalue weighted by Gasteiger charge is -2.13. The van der Waals surface area contributed by atoms with E-state index in [1.807, 2.05) is 24.3 Å². The molecule has 5 heteroatoms. The number of nitrogen functional groups attached to an aromatic ring is 1. The Balaban J connectivity index is 2.09. The monoisotopic (exact) mass is 283 g/mol. The molecule has 0 radical (unpaired) electrons. The molecule has 0 spiro atoms. The molecule has 0 aliphatic rings. The predicted octanol–water partition coefficient (Wildman–Crippen LogP) is 3.71. The average molecular weight is 283 g/mol. The molecule has 0 fully saturated rings. The molecule has 21 heavy (non-hydrogen) atoms. The maximum absolute atomic E-state index is 13.2. The van der Waals surface area contributed by atoms with Crippen molar-refractivity contribution >= 4 is 28.0 Å². The van der Waals surface area contributed by atoms with E-state index in [2.05, 4.69) is 10.3 Å². The number of nitrogens with one attached hydrogen (secondary N) is 1. The van der Waals surface area contributed by atoms with Crippen LogP contribution in [-0.4, -0.2) is 12.1 Å². The molecule has 4 nitrogen and oxygen atoms in total. The zero-order valence-corrected chi connectivity index (χ0v) is 11.4. The second-order valence-electron chi connectivity index (χ2n) is 4.57. The lowest BCUT2D eigenvalue weighted by Crippen LogP contribution is -1.98. The number of benzene rings is 2. The van der Waals surface area contributed by atoms with Crippen LogP contribution in [0.25, 0.3) is 10.9 Å². The molecule has 3 N–H and O–H groups in total. The van der Waals surface area contributed by atoms with Gasteiger partial charge in [0.25, 0.3) is 0 Å². The van der Waals surface area contributed by atoms with E-state index in [1.165, 1.54) is 19.2 Å². The van der Waals surface area contributed by atoms with Gasteiger partial charge in [-0.3, -0.25) is 4.98 Å². The molecule has 1 heterocycles. The van der Waals surface area contributed by atoms with Gasteiger partial charge in [0, 0.05) is 23.3 Å². The molecule has 106 valence electrons. The van der Waals surface area contributed by atoms with Crippen molar-refractivity contribution in [3.05, 3.63) is 54.5 Å². The summed E-state index contributed by atoms with van der Waals surface area (Å²) in [4.78, 5) is 4.35. The van der Waals surface area contributed by atoms with E-state index in [4.69, 9.17) is 10.5 Å². The van der Waals surface area contributed by atoms with Gasteiger partial charge in [0.05, 0.1) is 24.0 Å². The van der Waals surface area contributed by atoms with Gasteiger partial charge in [-0.15, -0.1) is 0 Å². The third-order valence-electron chi connectivity index (χ3n) is 3.24. The van der Waals surface area contributed by atoms with Gasteiger partial charge in [-0.1, -0.05) is 0 Å². The quantitative estimate of drug-likeness (QED) is 0.719. The highest BCUT2D eigenvalue weighted by Gasteiger charge is 2.09. The van der Waals surface area contributed by atoms with Crippen LogP contribution in [0.15, 0.2) is 48.7 Å². The molecule has 0 unspecified atom stereocenters. The molecular weight excluding hydrogens is 269 g/mol. The van der Waals surface area contributed by atoms with Crippen molar-refractivity contribution in [1.29, 1.82) is 0 Å². The Kier molecular flexibility index (Phi) is 3.31.